The first-order valence-corrected chi connectivity index (χ1v) is 8.36. The van der Waals surface area contributed by atoms with Crippen LogP contribution in [0.3, 0.4) is 0 Å². The van der Waals surface area contributed by atoms with E-state index in [0.29, 0.717) is 18.0 Å². The maximum absolute atomic E-state index is 12.2. The van der Waals surface area contributed by atoms with Gasteiger partial charge in [-0.1, -0.05) is 15.9 Å². The Kier molecular flexibility index (Phi) is 8.33. The summed E-state index contributed by atoms with van der Waals surface area (Å²) in [7, 11) is 0. The van der Waals surface area contributed by atoms with Gasteiger partial charge in [0.15, 0.2) is 0 Å². The van der Waals surface area contributed by atoms with E-state index >= 15 is 0 Å². The minimum atomic E-state index is -0.552. The van der Waals surface area contributed by atoms with Gasteiger partial charge in [-0.3, -0.25) is 4.79 Å². The minimum absolute atomic E-state index is 0. The lowest BCUT2D eigenvalue weighted by atomic mass is 10.1. The molecule has 0 saturated carbocycles. The van der Waals surface area contributed by atoms with Gasteiger partial charge in [0.1, 0.15) is 6.10 Å². The molecule has 1 aliphatic heterocycles. The molecule has 1 aromatic carbocycles. The first kappa shape index (κ1) is 20.2. The molecular weight excluding hydrogens is 384 g/mol. The number of amides is 1. The number of hydrogen-bond donors (Lipinski definition) is 2. The molecule has 2 atom stereocenters. The quantitative estimate of drug-likeness (QED) is 0.730. The molecule has 1 heterocycles. The number of carbonyl (C=O) groups excluding carboxylic acids is 1. The highest BCUT2D eigenvalue weighted by Gasteiger charge is 2.19. The summed E-state index contributed by atoms with van der Waals surface area (Å²) < 4.78 is 12.1. The lowest BCUT2D eigenvalue weighted by Crippen LogP contribution is -2.32. The molecule has 1 amide bonds. The number of rotatable bonds is 5. The monoisotopic (exact) mass is 406 g/mol. The van der Waals surface area contributed by atoms with E-state index in [2.05, 4.69) is 21.2 Å². The minimum Gasteiger partial charge on any atom is -0.397 e. The van der Waals surface area contributed by atoms with Crippen LogP contribution in [-0.4, -0.2) is 31.3 Å². The van der Waals surface area contributed by atoms with Gasteiger partial charge in [-0.25, -0.2) is 0 Å². The second kappa shape index (κ2) is 9.47. The molecule has 1 aromatic rings. The Morgan fingerprint density at radius 2 is 2.26 bits per heavy atom. The van der Waals surface area contributed by atoms with Crippen LogP contribution in [0.4, 0.5) is 11.4 Å². The Morgan fingerprint density at radius 3 is 2.91 bits per heavy atom. The number of halogens is 2. The van der Waals surface area contributed by atoms with Crippen molar-refractivity contribution >= 4 is 45.6 Å². The van der Waals surface area contributed by atoms with Crippen molar-refractivity contribution < 1.29 is 14.3 Å². The van der Waals surface area contributed by atoms with Gasteiger partial charge in [0.2, 0.25) is 0 Å². The highest BCUT2D eigenvalue weighted by molar-refractivity contribution is 9.10. The Morgan fingerprint density at radius 1 is 1.52 bits per heavy atom. The summed E-state index contributed by atoms with van der Waals surface area (Å²) in [6.45, 7) is 4.86. The number of carbonyl (C=O) groups is 1. The van der Waals surface area contributed by atoms with Crippen molar-refractivity contribution in [1.82, 2.24) is 0 Å². The highest BCUT2D eigenvalue weighted by Crippen LogP contribution is 2.27. The molecule has 1 saturated heterocycles. The zero-order chi connectivity index (χ0) is 16.1. The molecule has 3 N–H and O–H groups in total. The van der Waals surface area contributed by atoms with Crippen molar-refractivity contribution in [1.29, 1.82) is 0 Å². The van der Waals surface area contributed by atoms with Crippen molar-refractivity contribution in [3.8, 4) is 0 Å². The lowest BCUT2D eigenvalue weighted by Gasteiger charge is -2.24. The van der Waals surface area contributed by atoms with Crippen LogP contribution in [0.5, 0.6) is 0 Å². The topological polar surface area (TPSA) is 73.6 Å². The van der Waals surface area contributed by atoms with E-state index in [-0.39, 0.29) is 24.4 Å². The molecule has 0 aliphatic carbocycles. The number of anilines is 2. The Bertz CT molecular complexity index is 536. The summed E-state index contributed by atoms with van der Waals surface area (Å²) in [5.74, 6) is -0.208. The van der Waals surface area contributed by atoms with E-state index in [1.165, 1.54) is 0 Å². The fourth-order valence-corrected chi connectivity index (χ4v) is 2.93. The third-order valence-corrected chi connectivity index (χ3v) is 4.24. The van der Waals surface area contributed by atoms with E-state index < -0.39 is 6.10 Å². The van der Waals surface area contributed by atoms with Crippen LogP contribution in [0.25, 0.3) is 0 Å². The van der Waals surface area contributed by atoms with Crippen LogP contribution in [0, 0.1) is 6.92 Å². The number of aryl methyl sites for hydroxylation is 1. The van der Waals surface area contributed by atoms with Crippen LogP contribution < -0.4 is 11.1 Å². The summed E-state index contributed by atoms with van der Waals surface area (Å²) in [5.41, 5.74) is 8.07. The van der Waals surface area contributed by atoms with E-state index in [1.54, 1.807) is 13.0 Å². The van der Waals surface area contributed by atoms with E-state index in [4.69, 9.17) is 15.2 Å². The van der Waals surface area contributed by atoms with Gasteiger partial charge < -0.3 is 20.5 Å². The Balaban J connectivity index is 0.00000264. The van der Waals surface area contributed by atoms with Crippen molar-refractivity contribution in [3.63, 3.8) is 0 Å². The Labute approximate surface area is 151 Å². The predicted molar refractivity (Wildman–Crippen MR) is 98.2 cm³/mol. The molecule has 0 aromatic heterocycles. The molecule has 130 valence electrons. The maximum Gasteiger partial charge on any atom is 0.253 e. The van der Waals surface area contributed by atoms with Gasteiger partial charge >= 0.3 is 0 Å². The van der Waals surface area contributed by atoms with Crippen LogP contribution >= 0.6 is 28.3 Å². The van der Waals surface area contributed by atoms with E-state index in [1.807, 2.05) is 13.0 Å². The van der Waals surface area contributed by atoms with Gasteiger partial charge in [-0.2, -0.15) is 0 Å². The average molecular weight is 408 g/mol. The third kappa shape index (κ3) is 5.95. The largest absolute Gasteiger partial charge is 0.397 e. The third-order valence-electron chi connectivity index (χ3n) is 3.78. The zero-order valence-electron chi connectivity index (χ0n) is 13.4. The highest BCUT2D eigenvalue weighted by atomic mass is 79.9. The number of hydrogen-bond acceptors (Lipinski definition) is 4. The second-order valence-electron chi connectivity index (χ2n) is 5.64. The maximum atomic E-state index is 12.2. The molecule has 2 rings (SSSR count). The van der Waals surface area contributed by atoms with Gasteiger partial charge in [0, 0.05) is 11.1 Å². The van der Waals surface area contributed by atoms with Crippen molar-refractivity contribution in [3.05, 3.63) is 22.2 Å². The zero-order valence-corrected chi connectivity index (χ0v) is 15.8. The van der Waals surface area contributed by atoms with Crippen molar-refractivity contribution in [2.24, 2.45) is 0 Å². The average Bonchev–Trinajstić information content (AvgIpc) is 2.50. The number of nitrogen functional groups attached to an aromatic ring is 1. The molecule has 5 nitrogen and oxygen atoms in total. The molecule has 1 aliphatic rings. The fraction of sp³-hybridized carbons (Fsp3) is 0.562. The van der Waals surface area contributed by atoms with Crippen LogP contribution in [0.15, 0.2) is 16.6 Å². The van der Waals surface area contributed by atoms with Crippen LogP contribution in [0.2, 0.25) is 0 Å². The number of nitrogens with two attached hydrogens (primary N) is 1. The standard InChI is InChI=1S/C16H23BrN2O3.ClH/c1-10-7-12(17)8-14(15(10)18)19-16(20)11(2)22-9-13-5-3-4-6-21-13;/h7-8,11,13H,3-6,9,18H2,1-2H3,(H,19,20);1H. The molecule has 0 spiro atoms. The van der Waals surface area contributed by atoms with E-state index in [0.717, 1.165) is 35.9 Å². The molecule has 1 fully saturated rings. The van der Waals surface area contributed by atoms with Gasteiger partial charge in [-0.05, 0) is 50.8 Å². The van der Waals surface area contributed by atoms with Gasteiger partial charge in [0.25, 0.3) is 5.91 Å². The van der Waals surface area contributed by atoms with E-state index in [9.17, 15) is 4.79 Å². The first-order valence-electron chi connectivity index (χ1n) is 7.57. The predicted octanol–water partition coefficient (Wildman–Crippen LogP) is 3.67. The first-order chi connectivity index (χ1) is 10.5. The normalized spacial score (nSPS) is 18.8. The summed E-state index contributed by atoms with van der Waals surface area (Å²) in [4.78, 5) is 12.2. The summed E-state index contributed by atoms with van der Waals surface area (Å²) in [5, 5.41) is 2.82. The molecule has 0 bridgehead atoms. The summed E-state index contributed by atoms with van der Waals surface area (Å²) >= 11 is 3.40. The van der Waals surface area contributed by atoms with Crippen LogP contribution in [0.1, 0.15) is 31.7 Å². The van der Waals surface area contributed by atoms with Crippen LogP contribution in [-0.2, 0) is 14.3 Å². The lowest BCUT2D eigenvalue weighted by molar-refractivity contribution is -0.130. The summed E-state index contributed by atoms with van der Waals surface area (Å²) in [6, 6.07) is 3.70. The second-order valence-corrected chi connectivity index (χ2v) is 6.55. The van der Waals surface area contributed by atoms with Gasteiger partial charge in [0.05, 0.1) is 24.1 Å². The number of nitrogens with one attached hydrogen (secondary N) is 1. The number of benzene rings is 1. The fourth-order valence-electron chi connectivity index (χ4n) is 2.36. The molecule has 0 radical (unpaired) electrons. The van der Waals surface area contributed by atoms with Crippen molar-refractivity contribution in [2.45, 2.75) is 45.3 Å². The molecule has 23 heavy (non-hydrogen) atoms. The molecule has 2 unspecified atom stereocenters. The number of ether oxygens (including phenoxy) is 2. The summed E-state index contributed by atoms with van der Waals surface area (Å²) in [6.07, 6.45) is 2.80. The van der Waals surface area contributed by atoms with Gasteiger partial charge in [-0.15, -0.1) is 12.4 Å². The smallest absolute Gasteiger partial charge is 0.253 e. The molecular formula is C16H24BrClN2O3. The molecule has 7 heteroatoms. The van der Waals surface area contributed by atoms with Crippen molar-refractivity contribution in [2.75, 3.05) is 24.3 Å². The SMILES string of the molecule is Cc1cc(Br)cc(NC(=O)C(C)OCC2CCCCO2)c1N.Cl. The Hall–Kier alpha value is -0.820.